The number of guanidine groups is 1. The van der Waals surface area contributed by atoms with E-state index in [4.69, 9.17) is 4.18 Å². The van der Waals surface area contributed by atoms with Crippen molar-refractivity contribution in [2.45, 2.75) is 32.7 Å². The maximum Gasteiger partial charge on any atom is 0.204 e. The van der Waals surface area contributed by atoms with Gasteiger partial charge in [-0.25, -0.2) is 4.21 Å². The minimum Gasteiger partial charge on any atom is -0.351 e. The highest BCUT2D eigenvalue weighted by Crippen LogP contribution is 2.03. The Morgan fingerprint density at radius 1 is 1.73 bits per heavy atom. The molecule has 0 radical (unpaired) electrons. The third-order valence-electron chi connectivity index (χ3n) is 2.01. The Morgan fingerprint density at radius 2 is 2.47 bits per heavy atom. The van der Waals surface area contributed by atoms with Gasteiger partial charge in [-0.1, -0.05) is 13.3 Å². The van der Waals surface area contributed by atoms with Crippen molar-refractivity contribution in [2.24, 2.45) is 4.99 Å². The third kappa shape index (κ3) is 4.09. The number of hydrogen-bond donors (Lipinski definition) is 2. The molecular formula is C9H19N3O2S. The molecule has 6 heteroatoms. The van der Waals surface area contributed by atoms with Crippen LogP contribution in [0, 0.1) is 0 Å². The van der Waals surface area contributed by atoms with E-state index in [1.54, 1.807) is 6.92 Å². The van der Waals surface area contributed by atoms with Crippen LogP contribution in [0.5, 0.6) is 0 Å². The van der Waals surface area contributed by atoms with Crippen molar-refractivity contribution in [2.75, 3.05) is 13.2 Å². The van der Waals surface area contributed by atoms with Crippen LogP contribution in [-0.4, -0.2) is 35.2 Å². The predicted octanol–water partition coefficient (Wildman–Crippen LogP) is 0.287. The van der Waals surface area contributed by atoms with Gasteiger partial charge in [0.05, 0.1) is 13.2 Å². The summed E-state index contributed by atoms with van der Waals surface area (Å²) in [6, 6.07) is 0.342. The molecule has 2 N–H and O–H groups in total. The average Bonchev–Trinajstić information content (AvgIpc) is 2.52. The second-order valence-corrected chi connectivity index (χ2v) is 5.11. The Labute approximate surface area is 91.7 Å². The lowest BCUT2D eigenvalue weighted by atomic mass is 10.2. The summed E-state index contributed by atoms with van der Waals surface area (Å²) in [5, 5.41) is 3.15. The molecule has 0 saturated heterocycles. The van der Waals surface area contributed by atoms with Crippen molar-refractivity contribution in [1.82, 2.24) is 10.0 Å². The maximum absolute atomic E-state index is 11.6. The highest BCUT2D eigenvalue weighted by Gasteiger charge is 2.18. The summed E-state index contributed by atoms with van der Waals surface area (Å²) < 4.78 is 19.3. The first-order valence-electron chi connectivity index (χ1n) is 5.17. The van der Waals surface area contributed by atoms with E-state index in [1.807, 2.05) is 0 Å². The van der Waals surface area contributed by atoms with Crippen LogP contribution in [-0.2, 0) is 14.2 Å². The third-order valence-corrected chi connectivity index (χ3v) is 3.13. The highest BCUT2D eigenvalue weighted by atomic mass is 32.2. The second kappa shape index (κ2) is 5.37. The molecule has 0 aromatic carbocycles. The zero-order valence-corrected chi connectivity index (χ0v) is 10.1. The summed E-state index contributed by atoms with van der Waals surface area (Å²) in [5.74, 6) is 4.00. The van der Waals surface area contributed by atoms with Crippen LogP contribution < -0.4 is 10.0 Å². The molecule has 0 aromatic heterocycles. The topological polar surface area (TPSA) is 62.7 Å². The number of hydrogen-bond acceptors (Lipinski definition) is 4. The first-order chi connectivity index (χ1) is 7.07. The first kappa shape index (κ1) is 12.3. The van der Waals surface area contributed by atoms with E-state index in [1.165, 1.54) is 0 Å². The molecule has 1 rings (SSSR count). The Bertz CT molecular complexity index is 324. The van der Waals surface area contributed by atoms with Crippen LogP contribution in [0.15, 0.2) is 4.99 Å². The fourth-order valence-corrected chi connectivity index (χ4v) is 2.28. The molecule has 0 saturated carbocycles. The molecule has 0 aliphatic carbocycles. The minimum atomic E-state index is -2.70. The predicted molar refractivity (Wildman–Crippen MR) is 64.2 cm³/mol. The Morgan fingerprint density at radius 3 is 3.07 bits per heavy atom. The summed E-state index contributed by atoms with van der Waals surface area (Å²) in [5.41, 5.74) is 0. The maximum atomic E-state index is 11.6. The standard InChI is InChI=1S/C9H19N3O2S/c1-4-6-8-7-10-9(11-8)12-15(3,13)14-5-2/h8H,3-7H2,1-2H3,(H2,10,11,12,13). The van der Waals surface area contributed by atoms with Gasteiger partial charge in [0, 0.05) is 6.04 Å². The summed E-state index contributed by atoms with van der Waals surface area (Å²) in [6.07, 6.45) is 2.16. The highest BCUT2D eigenvalue weighted by molar-refractivity contribution is 7.94. The summed E-state index contributed by atoms with van der Waals surface area (Å²) in [7, 11) is -2.70. The Kier molecular flexibility index (Phi) is 4.41. The zero-order valence-electron chi connectivity index (χ0n) is 9.28. The summed E-state index contributed by atoms with van der Waals surface area (Å²) >= 11 is 0. The SMILES string of the molecule is C=S(=O)(NC1=NCC(CCC)N1)OCC. The van der Waals surface area contributed by atoms with Gasteiger partial charge < -0.3 is 5.32 Å². The molecule has 15 heavy (non-hydrogen) atoms. The average molecular weight is 233 g/mol. The molecule has 2 unspecified atom stereocenters. The van der Waals surface area contributed by atoms with Crippen LogP contribution in [0.4, 0.5) is 0 Å². The van der Waals surface area contributed by atoms with E-state index in [9.17, 15) is 4.21 Å². The van der Waals surface area contributed by atoms with Gasteiger partial charge in [0.1, 0.15) is 0 Å². The molecule has 2 atom stereocenters. The van der Waals surface area contributed by atoms with Gasteiger partial charge in [0.15, 0.2) is 9.99 Å². The number of nitrogens with zero attached hydrogens (tertiary/aromatic N) is 1. The van der Waals surface area contributed by atoms with E-state index in [2.05, 4.69) is 27.8 Å². The molecule has 88 valence electrons. The van der Waals surface area contributed by atoms with Crippen LogP contribution in [0.1, 0.15) is 26.7 Å². The number of nitrogens with one attached hydrogen (secondary N) is 2. The van der Waals surface area contributed by atoms with Crippen LogP contribution >= 0.6 is 0 Å². The van der Waals surface area contributed by atoms with E-state index >= 15 is 0 Å². The lowest BCUT2D eigenvalue weighted by Crippen LogP contribution is -2.42. The minimum absolute atomic E-state index is 0.342. The van der Waals surface area contributed by atoms with Gasteiger partial charge in [0.25, 0.3) is 0 Å². The molecular weight excluding hydrogens is 214 g/mol. The van der Waals surface area contributed by atoms with Crippen molar-refractivity contribution < 1.29 is 8.39 Å². The van der Waals surface area contributed by atoms with Gasteiger partial charge in [-0.05, 0) is 19.2 Å². The largest absolute Gasteiger partial charge is 0.351 e. The van der Waals surface area contributed by atoms with Gasteiger partial charge in [-0.15, -0.1) is 0 Å². The fraction of sp³-hybridized carbons (Fsp3) is 0.778. The molecule has 0 spiro atoms. The van der Waals surface area contributed by atoms with Gasteiger partial charge >= 0.3 is 0 Å². The van der Waals surface area contributed by atoms with Crippen molar-refractivity contribution in [3.05, 3.63) is 0 Å². The van der Waals surface area contributed by atoms with E-state index in [-0.39, 0.29) is 0 Å². The van der Waals surface area contributed by atoms with E-state index in [0.717, 1.165) is 19.4 Å². The quantitative estimate of drug-likeness (QED) is 0.671. The molecule has 0 amide bonds. The fourth-order valence-electron chi connectivity index (χ4n) is 1.43. The van der Waals surface area contributed by atoms with Crippen LogP contribution in [0.3, 0.4) is 0 Å². The van der Waals surface area contributed by atoms with Crippen molar-refractivity contribution in [3.63, 3.8) is 0 Å². The van der Waals surface area contributed by atoms with Crippen LogP contribution in [0.2, 0.25) is 0 Å². The molecule has 1 heterocycles. The van der Waals surface area contributed by atoms with Crippen LogP contribution in [0.25, 0.3) is 0 Å². The van der Waals surface area contributed by atoms with E-state index < -0.39 is 9.99 Å². The van der Waals surface area contributed by atoms with E-state index in [0.29, 0.717) is 18.6 Å². The molecule has 0 aromatic rings. The lowest BCUT2D eigenvalue weighted by molar-refractivity contribution is 0.366. The Hall–Kier alpha value is -0.750. The van der Waals surface area contributed by atoms with Gasteiger partial charge in [-0.2, -0.15) is 0 Å². The molecule has 5 nitrogen and oxygen atoms in total. The van der Waals surface area contributed by atoms with Crippen molar-refractivity contribution in [3.8, 4) is 0 Å². The summed E-state index contributed by atoms with van der Waals surface area (Å²) in [6.45, 7) is 4.98. The van der Waals surface area contributed by atoms with Crippen molar-refractivity contribution >= 4 is 21.8 Å². The second-order valence-electron chi connectivity index (χ2n) is 3.44. The zero-order chi connectivity index (χ0) is 11.3. The molecule has 1 aliphatic heterocycles. The van der Waals surface area contributed by atoms with Gasteiger partial charge in [0.2, 0.25) is 5.96 Å². The van der Waals surface area contributed by atoms with Crippen molar-refractivity contribution in [1.29, 1.82) is 0 Å². The molecule has 1 aliphatic rings. The first-order valence-corrected chi connectivity index (χ1v) is 6.83. The monoisotopic (exact) mass is 233 g/mol. The van der Waals surface area contributed by atoms with Gasteiger partial charge in [-0.3, -0.25) is 13.9 Å². The summed E-state index contributed by atoms with van der Waals surface area (Å²) in [4.78, 5) is 4.20. The number of rotatable bonds is 5. The normalized spacial score (nSPS) is 24.1. The lowest BCUT2D eigenvalue weighted by Gasteiger charge is -2.14. The molecule has 0 fully saturated rings. The smallest absolute Gasteiger partial charge is 0.204 e. The Balaban J connectivity index is 2.42. The molecule has 0 bridgehead atoms. The number of aliphatic imine (C=N–C) groups is 1.